The minimum Gasteiger partial charge on any atom is -0.320 e. The molecule has 80 valence electrons. The Labute approximate surface area is 81.8 Å². The topological polar surface area (TPSA) is 46.2 Å². The first-order valence-electron chi connectivity index (χ1n) is 4.97. The molecule has 0 aromatic rings. The highest BCUT2D eigenvalue weighted by Crippen LogP contribution is 2.02. The van der Waals surface area contributed by atoms with Crippen LogP contribution in [0.2, 0.25) is 0 Å². The molecule has 0 aliphatic rings. The maximum atomic E-state index is 11.1. The number of sulfone groups is 1. The summed E-state index contributed by atoms with van der Waals surface area (Å²) < 4.78 is 22.2. The summed E-state index contributed by atoms with van der Waals surface area (Å²) in [7, 11) is -0.796. The Morgan fingerprint density at radius 1 is 1.08 bits per heavy atom. The molecule has 0 aromatic carbocycles. The molecule has 0 bridgehead atoms. The van der Waals surface area contributed by atoms with Crippen molar-refractivity contribution in [2.75, 3.05) is 25.1 Å². The van der Waals surface area contributed by atoms with Gasteiger partial charge in [-0.05, 0) is 26.4 Å². The second-order valence-electron chi connectivity index (χ2n) is 3.25. The van der Waals surface area contributed by atoms with Gasteiger partial charge in [-0.1, -0.05) is 19.8 Å². The van der Waals surface area contributed by atoms with E-state index in [1.807, 2.05) is 7.05 Å². The minimum absolute atomic E-state index is 0.281. The van der Waals surface area contributed by atoms with Crippen molar-refractivity contribution in [3.8, 4) is 0 Å². The molecule has 0 spiro atoms. The average Bonchev–Trinajstić information content (AvgIpc) is 2.11. The maximum Gasteiger partial charge on any atom is 0.150 e. The van der Waals surface area contributed by atoms with Gasteiger partial charge in [-0.3, -0.25) is 0 Å². The summed E-state index contributed by atoms with van der Waals surface area (Å²) in [5, 5.41) is 3.07. The van der Waals surface area contributed by atoms with Crippen molar-refractivity contribution in [1.82, 2.24) is 5.32 Å². The lowest BCUT2D eigenvalue weighted by molar-refractivity contribution is 0.586. The van der Waals surface area contributed by atoms with Gasteiger partial charge in [0, 0.05) is 5.75 Å². The van der Waals surface area contributed by atoms with Crippen molar-refractivity contribution < 1.29 is 8.42 Å². The monoisotopic (exact) mass is 207 g/mol. The molecule has 13 heavy (non-hydrogen) atoms. The van der Waals surface area contributed by atoms with Crippen LogP contribution in [-0.2, 0) is 9.84 Å². The van der Waals surface area contributed by atoms with Gasteiger partial charge < -0.3 is 5.32 Å². The molecule has 4 heteroatoms. The van der Waals surface area contributed by atoms with Crippen molar-refractivity contribution in [2.45, 2.75) is 32.6 Å². The molecule has 1 N–H and O–H groups in total. The second kappa shape index (κ2) is 7.33. The van der Waals surface area contributed by atoms with E-state index in [9.17, 15) is 8.42 Å². The van der Waals surface area contributed by atoms with Gasteiger partial charge in [-0.15, -0.1) is 0 Å². The standard InChI is InChI=1S/C9H21NO2S/c1-3-13(11,12)9-7-5-4-6-8-10-2/h10H,3-9H2,1-2H3. The molecular formula is C9H21NO2S. The Morgan fingerprint density at radius 3 is 2.23 bits per heavy atom. The summed E-state index contributed by atoms with van der Waals surface area (Å²) >= 11 is 0. The smallest absolute Gasteiger partial charge is 0.150 e. The van der Waals surface area contributed by atoms with Crippen LogP contribution in [0.4, 0.5) is 0 Å². The zero-order chi connectivity index (χ0) is 10.2. The van der Waals surface area contributed by atoms with Gasteiger partial charge in [0.15, 0.2) is 0 Å². The molecule has 0 atom stereocenters. The summed E-state index contributed by atoms with van der Waals surface area (Å²) in [6.07, 6.45) is 4.11. The van der Waals surface area contributed by atoms with Crippen LogP contribution < -0.4 is 5.32 Å². The Kier molecular flexibility index (Phi) is 7.28. The summed E-state index contributed by atoms with van der Waals surface area (Å²) in [6.45, 7) is 2.73. The Hall–Kier alpha value is -0.0900. The van der Waals surface area contributed by atoms with E-state index in [0.717, 1.165) is 32.2 Å². The maximum absolute atomic E-state index is 11.1. The fourth-order valence-corrected chi connectivity index (χ4v) is 2.05. The third-order valence-electron chi connectivity index (χ3n) is 2.07. The Balaban J connectivity index is 3.26. The van der Waals surface area contributed by atoms with Gasteiger partial charge in [-0.2, -0.15) is 0 Å². The molecule has 0 fully saturated rings. The molecule has 0 unspecified atom stereocenters. The molecule has 0 saturated heterocycles. The third kappa shape index (κ3) is 8.25. The minimum atomic E-state index is -2.73. The lowest BCUT2D eigenvalue weighted by atomic mass is 10.2. The predicted molar refractivity (Wildman–Crippen MR) is 56.7 cm³/mol. The van der Waals surface area contributed by atoms with E-state index in [1.165, 1.54) is 0 Å². The van der Waals surface area contributed by atoms with Gasteiger partial charge in [0.2, 0.25) is 0 Å². The molecule has 3 nitrogen and oxygen atoms in total. The fraction of sp³-hybridized carbons (Fsp3) is 1.00. The second-order valence-corrected chi connectivity index (χ2v) is 5.73. The Bertz CT molecular complexity index is 200. The summed E-state index contributed by atoms with van der Waals surface area (Å²) in [6, 6.07) is 0. The summed E-state index contributed by atoms with van der Waals surface area (Å²) in [4.78, 5) is 0. The first-order chi connectivity index (χ1) is 6.12. The highest BCUT2D eigenvalue weighted by molar-refractivity contribution is 7.91. The molecule has 0 aliphatic heterocycles. The van der Waals surface area contributed by atoms with Gasteiger partial charge in [0.05, 0.1) is 5.75 Å². The lowest BCUT2D eigenvalue weighted by Crippen LogP contribution is -2.09. The molecule has 0 aliphatic carbocycles. The van der Waals surface area contributed by atoms with Gasteiger partial charge in [-0.25, -0.2) is 8.42 Å². The number of nitrogens with one attached hydrogen (secondary N) is 1. The first-order valence-corrected chi connectivity index (χ1v) is 6.79. The van der Waals surface area contributed by atoms with Crippen molar-refractivity contribution >= 4 is 9.84 Å². The van der Waals surface area contributed by atoms with Crippen LogP contribution in [0.15, 0.2) is 0 Å². The van der Waals surface area contributed by atoms with Crippen LogP contribution in [-0.4, -0.2) is 33.5 Å². The molecule has 0 heterocycles. The highest BCUT2D eigenvalue weighted by atomic mass is 32.2. The lowest BCUT2D eigenvalue weighted by Gasteiger charge is -2.01. The summed E-state index contributed by atoms with van der Waals surface area (Å²) in [5.74, 6) is 0.645. The largest absolute Gasteiger partial charge is 0.320 e. The van der Waals surface area contributed by atoms with Crippen LogP contribution in [0.5, 0.6) is 0 Å². The first kappa shape index (κ1) is 12.9. The zero-order valence-corrected chi connectivity index (χ0v) is 9.49. The van der Waals surface area contributed by atoms with E-state index in [2.05, 4.69) is 5.32 Å². The fourth-order valence-electron chi connectivity index (χ4n) is 1.12. The van der Waals surface area contributed by atoms with Crippen molar-refractivity contribution in [2.24, 2.45) is 0 Å². The van der Waals surface area contributed by atoms with E-state index in [4.69, 9.17) is 0 Å². The van der Waals surface area contributed by atoms with Crippen LogP contribution >= 0.6 is 0 Å². The number of hydrogen-bond acceptors (Lipinski definition) is 3. The van der Waals surface area contributed by atoms with Crippen molar-refractivity contribution in [3.05, 3.63) is 0 Å². The zero-order valence-electron chi connectivity index (χ0n) is 8.67. The van der Waals surface area contributed by atoms with Crippen molar-refractivity contribution in [1.29, 1.82) is 0 Å². The van der Waals surface area contributed by atoms with Gasteiger partial charge in [0.1, 0.15) is 9.84 Å². The molecule has 0 radical (unpaired) electrons. The van der Waals surface area contributed by atoms with E-state index in [1.54, 1.807) is 6.92 Å². The number of hydrogen-bond donors (Lipinski definition) is 1. The quantitative estimate of drug-likeness (QED) is 0.608. The normalized spacial score (nSPS) is 11.8. The third-order valence-corrected chi connectivity index (χ3v) is 3.86. The van der Waals surface area contributed by atoms with Crippen molar-refractivity contribution in [3.63, 3.8) is 0 Å². The average molecular weight is 207 g/mol. The van der Waals surface area contributed by atoms with E-state index < -0.39 is 9.84 Å². The SMILES string of the molecule is CCS(=O)(=O)CCCCCCNC. The molecule has 0 rings (SSSR count). The van der Waals surface area contributed by atoms with E-state index in [0.29, 0.717) is 5.75 Å². The van der Waals surface area contributed by atoms with Gasteiger partial charge in [0.25, 0.3) is 0 Å². The molecule has 0 amide bonds. The van der Waals surface area contributed by atoms with Gasteiger partial charge >= 0.3 is 0 Å². The molecular weight excluding hydrogens is 186 g/mol. The van der Waals surface area contributed by atoms with E-state index >= 15 is 0 Å². The molecule has 0 saturated carbocycles. The number of unbranched alkanes of at least 4 members (excludes halogenated alkanes) is 3. The summed E-state index contributed by atoms with van der Waals surface area (Å²) in [5.41, 5.74) is 0. The van der Waals surface area contributed by atoms with E-state index in [-0.39, 0.29) is 5.75 Å². The Morgan fingerprint density at radius 2 is 1.69 bits per heavy atom. The van der Waals surface area contributed by atoms with Crippen LogP contribution in [0.25, 0.3) is 0 Å². The molecule has 0 aromatic heterocycles. The number of rotatable bonds is 8. The van der Waals surface area contributed by atoms with Crippen LogP contribution in [0.3, 0.4) is 0 Å². The van der Waals surface area contributed by atoms with Crippen LogP contribution in [0, 0.1) is 0 Å². The predicted octanol–water partition coefficient (Wildman–Crippen LogP) is 1.20. The highest BCUT2D eigenvalue weighted by Gasteiger charge is 2.05. The van der Waals surface area contributed by atoms with Crippen LogP contribution in [0.1, 0.15) is 32.6 Å².